The van der Waals surface area contributed by atoms with Gasteiger partial charge in [-0.2, -0.15) is 4.31 Å². The summed E-state index contributed by atoms with van der Waals surface area (Å²) in [6.45, 7) is 1.91. The molecule has 0 N–H and O–H groups in total. The minimum absolute atomic E-state index is 0.125. The number of methoxy groups -OCH3 is 1. The van der Waals surface area contributed by atoms with Gasteiger partial charge in [-0.25, -0.2) is 12.8 Å². The molecular weight excluding hydrogens is 293 g/mol. The molecule has 0 radical (unpaired) electrons. The second-order valence-corrected chi connectivity index (χ2v) is 6.46. The molecule has 0 heterocycles. The smallest absolute Gasteiger partial charge is 0.246 e. The van der Waals surface area contributed by atoms with Gasteiger partial charge in [-0.05, 0) is 24.6 Å². The summed E-state index contributed by atoms with van der Waals surface area (Å²) in [6, 6.07) is 3.43. The van der Waals surface area contributed by atoms with Crippen LogP contribution in [0.4, 0.5) is 4.39 Å². The fourth-order valence-corrected chi connectivity index (χ4v) is 3.19. The summed E-state index contributed by atoms with van der Waals surface area (Å²) in [6.07, 6.45) is 0. The first-order valence-electron chi connectivity index (χ1n) is 5.66. The molecule has 0 saturated carbocycles. The van der Waals surface area contributed by atoms with E-state index in [9.17, 15) is 12.8 Å². The zero-order valence-electron chi connectivity index (χ0n) is 11.1. The predicted molar refractivity (Wildman–Crippen MR) is 72.2 cm³/mol. The second kappa shape index (κ2) is 6.65. The Morgan fingerprint density at radius 2 is 2.11 bits per heavy atom. The normalized spacial score (nSPS) is 13.8. The Kier molecular flexibility index (Phi) is 5.73. The molecule has 108 valence electrons. The molecule has 7 heteroatoms. The van der Waals surface area contributed by atoms with Gasteiger partial charge in [0.05, 0.1) is 6.61 Å². The van der Waals surface area contributed by atoms with E-state index in [4.69, 9.17) is 16.3 Å². The fourth-order valence-electron chi connectivity index (χ4n) is 1.57. The largest absolute Gasteiger partial charge is 0.383 e. The van der Waals surface area contributed by atoms with Crippen LogP contribution in [0.3, 0.4) is 0 Å². The standard InChI is InChI=1S/C12H17ClFNO3S/c1-9(8-18-3)15(2)19(16,17)12-6-10(7-13)4-5-11(12)14/h4-6,9H,7-8H2,1-3H3. The van der Waals surface area contributed by atoms with E-state index in [1.807, 2.05) is 0 Å². The first-order chi connectivity index (χ1) is 8.84. The van der Waals surface area contributed by atoms with Crippen molar-refractivity contribution < 1.29 is 17.5 Å². The van der Waals surface area contributed by atoms with Crippen molar-refractivity contribution in [3.05, 3.63) is 29.6 Å². The van der Waals surface area contributed by atoms with Crippen molar-refractivity contribution in [2.45, 2.75) is 23.7 Å². The lowest BCUT2D eigenvalue weighted by Gasteiger charge is -2.24. The molecule has 1 aromatic rings. The van der Waals surface area contributed by atoms with Gasteiger partial charge in [0.25, 0.3) is 0 Å². The first kappa shape index (κ1) is 16.4. The highest BCUT2D eigenvalue weighted by molar-refractivity contribution is 7.89. The van der Waals surface area contributed by atoms with E-state index in [-0.39, 0.29) is 17.4 Å². The number of hydrogen-bond acceptors (Lipinski definition) is 3. The zero-order valence-corrected chi connectivity index (χ0v) is 12.6. The SMILES string of the molecule is COCC(C)N(C)S(=O)(=O)c1cc(CCl)ccc1F. The van der Waals surface area contributed by atoms with Crippen LogP contribution >= 0.6 is 11.6 Å². The van der Waals surface area contributed by atoms with E-state index in [0.29, 0.717) is 5.56 Å². The number of halogens is 2. The van der Waals surface area contributed by atoms with Crippen LogP contribution in [0.15, 0.2) is 23.1 Å². The summed E-state index contributed by atoms with van der Waals surface area (Å²) in [5.41, 5.74) is 0.550. The highest BCUT2D eigenvalue weighted by atomic mass is 35.5. The predicted octanol–water partition coefficient (Wildman–Crippen LogP) is 2.22. The van der Waals surface area contributed by atoms with Gasteiger partial charge in [0.2, 0.25) is 10.0 Å². The van der Waals surface area contributed by atoms with E-state index in [0.717, 1.165) is 10.4 Å². The van der Waals surface area contributed by atoms with Crippen LogP contribution in [-0.4, -0.2) is 39.5 Å². The minimum atomic E-state index is -3.90. The Morgan fingerprint density at radius 3 is 2.63 bits per heavy atom. The number of benzene rings is 1. The lowest BCUT2D eigenvalue weighted by molar-refractivity contribution is 0.149. The van der Waals surface area contributed by atoms with Crippen LogP contribution in [0.1, 0.15) is 12.5 Å². The number of sulfonamides is 1. The van der Waals surface area contributed by atoms with Crippen LogP contribution < -0.4 is 0 Å². The summed E-state index contributed by atoms with van der Waals surface area (Å²) in [4.78, 5) is -0.365. The quantitative estimate of drug-likeness (QED) is 0.757. The Hall–Kier alpha value is -0.690. The highest BCUT2D eigenvalue weighted by Gasteiger charge is 2.28. The van der Waals surface area contributed by atoms with E-state index >= 15 is 0 Å². The van der Waals surface area contributed by atoms with Crippen LogP contribution in [-0.2, 0) is 20.6 Å². The topological polar surface area (TPSA) is 46.6 Å². The van der Waals surface area contributed by atoms with Crippen LogP contribution in [0.5, 0.6) is 0 Å². The van der Waals surface area contributed by atoms with Crippen LogP contribution in [0.25, 0.3) is 0 Å². The summed E-state index contributed by atoms with van der Waals surface area (Å²) in [5, 5.41) is 0. The monoisotopic (exact) mass is 309 g/mol. The lowest BCUT2D eigenvalue weighted by atomic mass is 10.2. The van der Waals surface area contributed by atoms with Crippen LogP contribution in [0, 0.1) is 5.82 Å². The minimum Gasteiger partial charge on any atom is -0.383 e. The average molecular weight is 310 g/mol. The second-order valence-electron chi connectivity index (χ2n) is 4.22. The van der Waals surface area contributed by atoms with Crippen LogP contribution in [0.2, 0.25) is 0 Å². The van der Waals surface area contributed by atoms with Gasteiger partial charge in [0.15, 0.2) is 0 Å². The molecule has 0 aliphatic heterocycles. The molecule has 19 heavy (non-hydrogen) atoms. The molecule has 0 aliphatic carbocycles. The van der Waals surface area contributed by atoms with E-state index in [1.165, 1.54) is 26.3 Å². The number of rotatable bonds is 6. The molecule has 1 unspecified atom stereocenters. The summed E-state index contributed by atoms with van der Waals surface area (Å²) in [7, 11) is -1.03. The molecule has 0 aliphatic rings. The van der Waals surface area contributed by atoms with E-state index in [2.05, 4.69) is 0 Å². The third kappa shape index (κ3) is 3.66. The van der Waals surface area contributed by atoms with Crippen molar-refractivity contribution >= 4 is 21.6 Å². The summed E-state index contributed by atoms with van der Waals surface area (Å²) in [5.74, 6) is -0.662. The highest BCUT2D eigenvalue weighted by Crippen LogP contribution is 2.22. The molecule has 1 aromatic carbocycles. The van der Waals surface area contributed by atoms with Gasteiger partial charge in [-0.1, -0.05) is 6.07 Å². The van der Waals surface area contributed by atoms with Crippen molar-refractivity contribution in [3.8, 4) is 0 Å². The molecule has 1 atom stereocenters. The van der Waals surface area contributed by atoms with Gasteiger partial charge >= 0.3 is 0 Å². The van der Waals surface area contributed by atoms with Crippen molar-refractivity contribution in [2.75, 3.05) is 20.8 Å². The van der Waals surface area contributed by atoms with Gasteiger partial charge in [-0.15, -0.1) is 11.6 Å². The maximum Gasteiger partial charge on any atom is 0.246 e. The van der Waals surface area contributed by atoms with Crippen molar-refractivity contribution in [1.82, 2.24) is 4.31 Å². The molecule has 0 saturated heterocycles. The molecule has 0 aromatic heterocycles. The number of ether oxygens (including phenoxy) is 1. The molecular formula is C12H17ClFNO3S. The third-order valence-electron chi connectivity index (χ3n) is 2.84. The summed E-state index contributed by atoms with van der Waals surface area (Å²) < 4.78 is 44.4. The maximum absolute atomic E-state index is 13.7. The number of likely N-dealkylation sites (N-methyl/N-ethyl adjacent to an activating group) is 1. The van der Waals surface area contributed by atoms with Gasteiger partial charge in [0, 0.05) is 26.1 Å². The van der Waals surface area contributed by atoms with Gasteiger partial charge in [-0.3, -0.25) is 0 Å². The fraction of sp³-hybridized carbons (Fsp3) is 0.500. The third-order valence-corrected chi connectivity index (χ3v) is 5.13. The average Bonchev–Trinajstić information content (AvgIpc) is 2.38. The molecule has 4 nitrogen and oxygen atoms in total. The zero-order chi connectivity index (χ0) is 14.6. The van der Waals surface area contributed by atoms with Gasteiger partial charge in [0.1, 0.15) is 10.7 Å². The molecule has 0 spiro atoms. The van der Waals surface area contributed by atoms with Crippen molar-refractivity contribution in [1.29, 1.82) is 0 Å². The lowest BCUT2D eigenvalue weighted by Crippen LogP contribution is -2.38. The first-order valence-corrected chi connectivity index (χ1v) is 7.63. The van der Waals surface area contributed by atoms with E-state index < -0.39 is 21.9 Å². The van der Waals surface area contributed by atoms with Crippen molar-refractivity contribution in [2.24, 2.45) is 0 Å². The Morgan fingerprint density at radius 1 is 1.47 bits per heavy atom. The van der Waals surface area contributed by atoms with Crippen molar-refractivity contribution in [3.63, 3.8) is 0 Å². The molecule has 0 fully saturated rings. The number of alkyl halides is 1. The number of nitrogens with zero attached hydrogens (tertiary/aromatic N) is 1. The Labute approximate surface area is 118 Å². The van der Waals surface area contributed by atoms with Gasteiger partial charge < -0.3 is 4.74 Å². The summed E-state index contributed by atoms with van der Waals surface area (Å²) >= 11 is 5.64. The van der Waals surface area contributed by atoms with E-state index in [1.54, 1.807) is 6.92 Å². The molecule has 0 amide bonds. The molecule has 1 rings (SSSR count). The number of hydrogen-bond donors (Lipinski definition) is 0. The maximum atomic E-state index is 13.7. The Bertz CT molecular complexity index is 536. The Balaban J connectivity index is 3.19. The molecule has 0 bridgehead atoms.